The molecule has 0 aliphatic heterocycles. The van der Waals surface area contributed by atoms with Crippen LogP contribution in [-0.4, -0.2) is 15.4 Å². The van der Waals surface area contributed by atoms with Gasteiger partial charge in [0.1, 0.15) is 5.69 Å². The summed E-state index contributed by atoms with van der Waals surface area (Å²) in [4.78, 5) is 25.3. The standard InChI is InChI=1S/C20H20Cl2N4O2/c1-12(16-10-9-14(21)11-17(16)22)23-20(28)24-18-13(2)25(3)26(19(18)27)15-7-5-4-6-8-15/h4-12H,1-3H3,(H2,23,24,28). The van der Waals surface area contributed by atoms with Gasteiger partial charge in [0.25, 0.3) is 5.56 Å². The Hall–Kier alpha value is -2.70. The van der Waals surface area contributed by atoms with Gasteiger partial charge in [-0.3, -0.25) is 9.48 Å². The molecule has 1 atom stereocenters. The summed E-state index contributed by atoms with van der Waals surface area (Å²) in [6.45, 7) is 3.57. The number of carbonyl (C=O) groups excluding carboxylic acids is 1. The van der Waals surface area contributed by atoms with Crippen LogP contribution in [0, 0.1) is 6.92 Å². The molecule has 8 heteroatoms. The predicted molar refractivity (Wildman–Crippen MR) is 113 cm³/mol. The van der Waals surface area contributed by atoms with Gasteiger partial charge in [-0.1, -0.05) is 47.5 Å². The SMILES string of the molecule is Cc1c(NC(=O)NC(C)c2ccc(Cl)cc2Cl)c(=O)n(-c2ccccc2)n1C. The minimum Gasteiger partial charge on any atom is -0.331 e. The van der Waals surface area contributed by atoms with Crippen LogP contribution < -0.4 is 16.2 Å². The lowest BCUT2D eigenvalue weighted by atomic mass is 10.1. The van der Waals surface area contributed by atoms with Gasteiger partial charge in [0.15, 0.2) is 0 Å². The number of rotatable bonds is 4. The molecule has 0 bridgehead atoms. The first-order valence-electron chi connectivity index (χ1n) is 8.66. The maximum atomic E-state index is 12.9. The molecule has 28 heavy (non-hydrogen) atoms. The minimum absolute atomic E-state index is 0.221. The molecular weight excluding hydrogens is 399 g/mol. The van der Waals surface area contributed by atoms with E-state index >= 15 is 0 Å². The lowest BCUT2D eigenvalue weighted by Gasteiger charge is -2.16. The van der Waals surface area contributed by atoms with E-state index in [1.54, 1.807) is 43.8 Å². The van der Waals surface area contributed by atoms with Gasteiger partial charge < -0.3 is 10.6 Å². The van der Waals surface area contributed by atoms with Crippen molar-refractivity contribution in [2.24, 2.45) is 7.05 Å². The summed E-state index contributed by atoms with van der Waals surface area (Å²) in [6, 6.07) is 13.4. The number of nitrogens with one attached hydrogen (secondary N) is 2. The van der Waals surface area contributed by atoms with E-state index in [1.807, 2.05) is 30.3 Å². The molecular formula is C20H20Cl2N4O2. The number of amides is 2. The predicted octanol–water partition coefficient (Wildman–Crippen LogP) is 4.67. The van der Waals surface area contributed by atoms with Crippen LogP contribution in [0.2, 0.25) is 10.0 Å². The summed E-state index contributed by atoms with van der Waals surface area (Å²) in [6.07, 6.45) is 0. The minimum atomic E-state index is -0.496. The largest absolute Gasteiger partial charge is 0.331 e. The average molecular weight is 419 g/mol. The van der Waals surface area contributed by atoms with Crippen molar-refractivity contribution in [2.75, 3.05) is 5.32 Å². The monoisotopic (exact) mass is 418 g/mol. The summed E-state index contributed by atoms with van der Waals surface area (Å²) in [5.41, 5.74) is 2.00. The number of halogens is 2. The fourth-order valence-electron chi connectivity index (χ4n) is 2.99. The second-order valence-electron chi connectivity index (χ2n) is 6.42. The lowest BCUT2D eigenvalue weighted by Crippen LogP contribution is -2.33. The molecule has 1 unspecified atom stereocenters. The zero-order valence-corrected chi connectivity index (χ0v) is 17.2. The van der Waals surface area contributed by atoms with Gasteiger partial charge in [0.2, 0.25) is 0 Å². The van der Waals surface area contributed by atoms with Gasteiger partial charge in [-0.15, -0.1) is 0 Å². The molecule has 2 amide bonds. The van der Waals surface area contributed by atoms with Gasteiger partial charge in [0, 0.05) is 17.1 Å². The van der Waals surface area contributed by atoms with Crippen molar-refractivity contribution in [3.63, 3.8) is 0 Å². The van der Waals surface area contributed by atoms with Crippen molar-refractivity contribution < 1.29 is 4.79 Å². The number of anilines is 1. The van der Waals surface area contributed by atoms with Crippen molar-refractivity contribution in [1.29, 1.82) is 0 Å². The third kappa shape index (κ3) is 3.93. The van der Waals surface area contributed by atoms with Gasteiger partial charge in [-0.25, -0.2) is 9.48 Å². The number of para-hydroxylation sites is 1. The highest BCUT2D eigenvalue weighted by molar-refractivity contribution is 6.35. The highest BCUT2D eigenvalue weighted by Gasteiger charge is 2.19. The van der Waals surface area contributed by atoms with Gasteiger partial charge in [0.05, 0.1) is 17.4 Å². The molecule has 2 N–H and O–H groups in total. The summed E-state index contributed by atoms with van der Waals surface area (Å²) < 4.78 is 3.21. The van der Waals surface area contributed by atoms with Crippen LogP contribution in [-0.2, 0) is 7.05 Å². The van der Waals surface area contributed by atoms with Crippen LogP contribution in [0.5, 0.6) is 0 Å². The van der Waals surface area contributed by atoms with Gasteiger partial charge in [-0.05, 0) is 43.7 Å². The number of hydrogen-bond acceptors (Lipinski definition) is 2. The topological polar surface area (TPSA) is 68.1 Å². The first kappa shape index (κ1) is 20.0. The second kappa shape index (κ2) is 8.12. The highest BCUT2D eigenvalue weighted by atomic mass is 35.5. The molecule has 0 saturated heterocycles. The molecule has 1 aromatic heterocycles. The molecule has 0 aliphatic carbocycles. The van der Waals surface area contributed by atoms with E-state index in [4.69, 9.17) is 23.2 Å². The Morgan fingerprint density at radius 3 is 2.43 bits per heavy atom. The van der Waals surface area contributed by atoms with Gasteiger partial charge >= 0.3 is 6.03 Å². The molecule has 0 spiro atoms. The van der Waals surface area contributed by atoms with E-state index in [1.165, 1.54) is 4.68 Å². The number of benzene rings is 2. The molecule has 146 valence electrons. The van der Waals surface area contributed by atoms with E-state index in [9.17, 15) is 9.59 Å². The van der Waals surface area contributed by atoms with Crippen LogP contribution in [0.3, 0.4) is 0 Å². The van der Waals surface area contributed by atoms with Crippen molar-refractivity contribution in [3.8, 4) is 5.69 Å². The molecule has 6 nitrogen and oxygen atoms in total. The third-order valence-corrected chi connectivity index (χ3v) is 5.13. The van der Waals surface area contributed by atoms with Crippen molar-refractivity contribution in [2.45, 2.75) is 19.9 Å². The Morgan fingerprint density at radius 2 is 1.79 bits per heavy atom. The summed E-state index contributed by atoms with van der Waals surface area (Å²) in [7, 11) is 1.77. The number of urea groups is 1. The smallest absolute Gasteiger partial charge is 0.319 e. The van der Waals surface area contributed by atoms with Crippen LogP contribution in [0.4, 0.5) is 10.5 Å². The zero-order chi connectivity index (χ0) is 20.4. The third-order valence-electron chi connectivity index (χ3n) is 4.57. The quantitative estimate of drug-likeness (QED) is 0.645. The Morgan fingerprint density at radius 1 is 1.11 bits per heavy atom. The average Bonchev–Trinajstić information content (AvgIpc) is 2.85. The number of hydrogen-bond donors (Lipinski definition) is 2. The molecule has 0 fully saturated rings. The Labute approximate surface area is 172 Å². The highest BCUT2D eigenvalue weighted by Crippen LogP contribution is 2.26. The zero-order valence-electron chi connectivity index (χ0n) is 15.7. The fraction of sp³-hybridized carbons (Fsp3) is 0.200. The van der Waals surface area contributed by atoms with Gasteiger partial charge in [-0.2, -0.15) is 0 Å². The maximum absolute atomic E-state index is 12.9. The summed E-state index contributed by atoms with van der Waals surface area (Å²) >= 11 is 12.1. The van der Waals surface area contributed by atoms with Crippen molar-refractivity contribution in [1.82, 2.24) is 14.7 Å². The van der Waals surface area contributed by atoms with Crippen LogP contribution >= 0.6 is 23.2 Å². The number of carbonyl (C=O) groups is 1. The summed E-state index contributed by atoms with van der Waals surface area (Å²) in [5.74, 6) is 0. The van der Waals surface area contributed by atoms with Crippen LogP contribution in [0.15, 0.2) is 53.3 Å². The second-order valence-corrected chi connectivity index (χ2v) is 7.27. The van der Waals surface area contributed by atoms with E-state index < -0.39 is 6.03 Å². The van der Waals surface area contributed by atoms with Crippen molar-refractivity contribution in [3.05, 3.63) is 80.2 Å². The molecule has 3 rings (SSSR count). The van der Waals surface area contributed by atoms with Crippen LogP contribution in [0.25, 0.3) is 5.69 Å². The molecule has 0 saturated carbocycles. The molecule has 0 radical (unpaired) electrons. The molecule has 3 aromatic rings. The molecule has 2 aromatic carbocycles. The number of nitrogens with zero attached hydrogens (tertiary/aromatic N) is 2. The Kier molecular flexibility index (Phi) is 5.82. The fourth-order valence-corrected chi connectivity index (χ4v) is 3.56. The van der Waals surface area contributed by atoms with E-state index in [0.717, 1.165) is 5.56 Å². The molecule has 1 heterocycles. The van der Waals surface area contributed by atoms with E-state index in [2.05, 4.69) is 10.6 Å². The first-order valence-corrected chi connectivity index (χ1v) is 9.41. The Balaban J connectivity index is 1.82. The Bertz CT molecular complexity index is 1070. The molecule has 0 aliphatic rings. The first-order chi connectivity index (χ1) is 13.3. The van der Waals surface area contributed by atoms with E-state index in [-0.39, 0.29) is 17.3 Å². The maximum Gasteiger partial charge on any atom is 0.319 e. The lowest BCUT2D eigenvalue weighted by molar-refractivity contribution is 0.249. The van der Waals surface area contributed by atoms with Crippen LogP contribution in [0.1, 0.15) is 24.2 Å². The summed E-state index contributed by atoms with van der Waals surface area (Å²) in [5, 5.41) is 6.44. The van der Waals surface area contributed by atoms with Crippen molar-refractivity contribution >= 4 is 34.9 Å². The van der Waals surface area contributed by atoms with E-state index in [0.29, 0.717) is 21.4 Å². The normalized spacial score (nSPS) is 11.9. The number of aromatic nitrogens is 2.